The molecule has 1 fully saturated rings. The molecule has 0 spiro atoms. The molecule has 0 aromatic rings. The van der Waals surface area contributed by atoms with Gasteiger partial charge in [0.25, 0.3) is 0 Å². The summed E-state index contributed by atoms with van der Waals surface area (Å²) in [5.41, 5.74) is -0.822. The summed E-state index contributed by atoms with van der Waals surface area (Å²) in [7, 11) is 1.59. The quantitative estimate of drug-likeness (QED) is 0.751. The molecule has 0 aromatic carbocycles. The lowest BCUT2D eigenvalue weighted by molar-refractivity contribution is -0.153. The Hall–Kier alpha value is -1.10. The highest BCUT2D eigenvalue weighted by molar-refractivity contribution is 5.85. The van der Waals surface area contributed by atoms with Crippen molar-refractivity contribution in [3.05, 3.63) is 0 Å². The van der Waals surface area contributed by atoms with Crippen LogP contribution in [0.4, 0.5) is 0 Å². The molecule has 1 rings (SSSR count). The zero-order valence-electron chi connectivity index (χ0n) is 11.3. The molecule has 0 atom stereocenters. The van der Waals surface area contributed by atoms with Crippen molar-refractivity contribution >= 4 is 11.9 Å². The predicted octanol–water partition coefficient (Wildman–Crippen LogP) is 1.52. The predicted molar refractivity (Wildman–Crippen MR) is 67.3 cm³/mol. The number of rotatable bonds is 7. The van der Waals surface area contributed by atoms with Crippen molar-refractivity contribution in [1.29, 1.82) is 0 Å². The second kappa shape index (κ2) is 6.73. The van der Waals surface area contributed by atoms with Crippen molar-refractivity contribution in [3.8, 4) is 0 Å². The number of aliphatic carboxylic acids is 1. The van der Waals surface area contributed by atoms with Gasteiger partial charge in [-0.05, 0) is 19.8 Å². The molecule has 1 amide bonds. The van der Waals surface area contributed by atoms with E-state index in [1.807, 2.05) is 6.92 Å². The third kappa shape index (κ3) is 3.45. The second-order valence-electron chi connectivity index (χ2n) is 4.94. The molecule has 1 N–H and O–H groups in total. The maximum atomic E-state index is 12.2. The van der Waals surface area contributed by atoms with Crippen LogP contribution in [0.5, 0.6) is 0 Å². The zero-order valence-corrected chi connectivity index (χ0v) is 11.3. The number of methoxy groups -OCH3 is 1. The molecule has 0 aliphatic heterocycles. The number of carboxylic acid groups (broad SMARTS) is 1. The summed E-state index contributed by atoms with van der Waals surface area (Å²) >= 11 is 0. The van der Waals surface area contributed by atoms with Crippen molar-refractivity contribution in [1.82, 2.24) is 4.90 Å². The Morgan fingerprint density at radius 2 is 1.94 bits per heavy atom. The van der Waals surface area contributed by atoms with Crippen molar-refractivity contribution < 1.29 is 19.4 Å². The van der Waals surface area contributed by atoms with Crippen LogP contribution in [-0.4, -0.2) is 48.7 Å². The second-order valence-corrected chi connectivity index (χ2v) is 4.94. The summed E-state index contributed by atoms with van der Waals surface area (Å²) in [4.78, 5) is 25.2. The van der Waals surface area contributed by atoms with E-state index in [0.29, 0.717) is 32.5 Å². The fourth-order valence-corrected chi connectivity index (χ4v) is 2.58. The smallest absolute Gasteiger partial charge is 0.310 e. The number of hydrogen-bond donors (Lipinski definition) is 1. The van der Waals surface area contributed by atoms with Crippen LogP contribution < -0.4 is 0 Å². The number of ether oxygens (including phenoxy) is 1. The highest BCUT2D eigenvalue weighted by Gasteiger charge is 2.43. The molecule has 1 aliphatic rings. The number of carbonyl (C=O) groups is 2. The number of amides is 1. The minimum absolute atomic E-state index is 0.0705. The first-order valence-electron chi connectivity index (χ1n) is 6.56. The third-order valence-electron chi connectivity index (χ3n) is 3.80. The number of nitrogens with zero attached hydrogens (tertiary/aromatic N) is 1. The van der Waals surface area contributed by atoms with Crippen LogP contribution in [0.2, 0.25) is 0 Å². The van der Waals surface area contributed by atoms with Crippen molar-refractivity contribution in [3.63, 3.8) is 0 Å². The Bertz CT molecular complexity index is 297. The molecule has 0 aromatic heterocycles. The Balaban J connectivity index is 2.62. The highest BCUT2D eigenvalue weighted by Crippen LogP contribution is 2.41. The van der Waals surface area contributed by atoms with Gasteiger partial charge < -0.3 is 14.7 Å². The molecular formula is C13H23NO4. The van der Waals surface area contributed by atoms with Gasteiger partial charge in [0.15, 0.2) is 0 Å². The van der Waals surface area contributed by atoms with Crippen molar-refractivity contribution in [2.75, 3.05) is 26.8 Å². The van der Waals surface area contributed by atoms with Crippen LogP contribution in [-0.2, 0) is 14.3 Å². The van der Waals surface area contributed by atoms with Crippen LogP contribution in [0.25, 0.3) is 0 Å². The van der Waals surface area contributed by atoms with Crippen LogP contribution >= 0.6 is 0 Å². The number of carboxylic acids is 1. The molecule has 0 heterocycles. The third-order valence-corrected chi connectivity index (χ3v) is 3.80. The van der Waals surface area contributed by atoms with Crippen molar-refractivity contribution in [2.45, 2.75) is 39.0 Å². The Morgan fingerprint density at radius 1 is 1.33 bits per heavy atom. The van der Waals surface area contributed by atoms with Gasteiger partial charge in [0.2, 0.25) is 5.91 Å². The van der Waals surface area contributed by atoms with Gasteiger partial charge in [-0.15, -0.1) is 0 Å². The Morgan fingerprint density at radius 3 is 2.39 bits per heavy atom. The molecule has 0 saturated heterocycles. The van der Waals surface area contributed by atoms with Gasteiger partial charge in [-0.2, -0.15) is 0 Å². The van der Waals surface area contributed by atoms with E-state index >= 15 is 0 Å². The largest absolute Gasteiger partial charge is 0.481 e. The van der Waals surface area contributed by atoms with E-state index in [1.54, 1.807) is 12.0 Å². The van der Waals surface area contributed by atoms with Gasteiger partial charge in [0.1, 0.15) is 0 Å². The fraction of sp³-hybridized carbons (Fsp3) is 0.846. The van der Waals surface area contributed by atoms with E-state index in [2.05, 4.69) is 0 Å². The van der Waals surface area contributed by atoms with Crippen LogP contribution in [0.15, 0.2) is 0 Å². The topological polar surface area (TPSA) is 66.8 Å². The molecule has 5 nitrogen and oxygen atoms in total. The molecule has 0 unspecified atom stereocenters. The average molecular weight is 257 g/mol. The first-order valence-corrected chi connectivity index (χ1v) is 6.56. The van der Waals surface area contributed by atoms with Crippen LogP contribution in [0.3, 0.4) is 0 Å². The maximum absolute atomic E-state index is 12.2. The molecule has 0 radical (unpaired) electrons. The number of hydrogen-bond acceptors (Lipinski definition) is 3. The summed E-state index contributed by atoms with van der Waals surface area (Å²) < 4.78 is 4.96. The lowest BCUT2D eigenvalue weighted by Gasteiger charge is -2.27. The summed E-state index contributed by atoms with van der Waals surface area (Å²) in [5.74, 6) is -0.894. The fourth-order valence-electron chi connectivity index (χ4n) is 2.58. The molecule has 0 bridgehead atoms. The normalized spacial score (nSPS) is 17.7. The summed E-state index contributed by atoms with van der Waals surface area (Å²) in [6.07, 6.45) is 3.18. The number of carbonyl (C=O) groups excluding carboxylic acids is 1. The van der Waals surface area contributed by atoms with E-state index in [9.17, 15) is 14.7 Å². The molecule has 1 saturated carbocycles. The first-order chi connectivity index (χ1) is 8.55. The van der Waals surface area contributed by atoms with Gasteiger partial charge >= 0.3 is 5.97 Å². The van der Waals surface area contributed by atoms with E-state index in [4.69, 9.17) is 4.74 Å². The SMILES string of the molecule is CCN(CCOC)C(=O)CC1(C(=O)O)CCCC1. The Labute approximate surface area is 108 Å². The molecule has 104 valence electrons. The van der Waals surface area contributed by atoms with Gasteiger partial charge in [0.05, 0.1) is 12.0 Å². The van der Waals surface area contributed by atoms with Gasteiger partial charge in [0, 0.05) is 26.6 Å². The number of likely N-dealkylation sites (N-methyl/N-ethyl adjacent to an activating group) is 1. The minimum Gasteiger partial charge on any atom is -0.481 e. The van der Waals surface area contributed by atoms with Crippen LogP contribution in [0.1, 0.15) is 39.0 Å². The Kier molecular flexibility index (Phi) is 5.59. The van der Waals surface area contributed by atoms with Crippen LogP contribution in [0, 0.1) is 5.41 Å². The summed E-state index contributed by atoms with van der Waals surface area (Å²) in [5, 5.41) is 9.35. The van der Waals surface area contributed by atoms with E-state index in [0.717, 1.165) is 12.8 Å². The minimum atomic E-state index is -0.823. The van der Waals surface area contributed by atoms with E-state index in [-0.39, 0.29) is 12.3 Å². The summed E-state index contributed by atoms with van der Waals surface area (Å²) in [6, 6.07) is 0. The lowest BCUT2D eigenvalue weighted by atomic mass is 9.82. The van der Waals surface area contributed by atoms with Gasteiger partial charge in [-0.1, -0.05) is 12.8 Å². The molecule has 18 heavy (non-hydrogen) atoms. The highest BCUT2D eigenvalue weighted by atomic mass is 16.5. The maximum Gasteiger partial charge on any atom is 0.310 e. The molecule has 5 heteroatoms. The standard InChI is InChI=1S/C13H23NO4/c1-3-14(8-9-18-2)11(15)10-13(12(16)17)6-4-5-7-13/h3-10H2,1-2H3,(H,16,17). The molecular weight excluding hydrogens is 234 g/mol. The monoisotopic (exact) mass is 257 g/mol. The van der Waals surface area contributed by atoms with Crippen molar-refractivity contribution in [2.24, 2.45) is 5.41 Å². The zero-order chi connectivity index (χ0) is 13.6. The van der Waals surface area contributed by atoms with Gasteiger partial charge in [-0.25, -0.2) is 0 Å². The lowest BCUT2D eigenvalue weighted by Crippen LogP contribution is -2.39. The molecule has 1 aliphatic carbocycles. The van der Waals surface area contributed by atoms with Gasteiger partial charge in [-0.3, -0.25) is 9.59 Å². The average Bonchev–Trinajstić information content (AvgIpc) is 2.80. The van der Waals surface area contributed by atoms with E-state index in [1.165, 1.54) is 0 Å². The summed E-state index contributed by atoms with van der Waals surface area (Å²) in [6.45, 7) is 3.51. The van der Waals surface area contributed by atoms with E-state index < -0.39 is 11.4 Å². The first kappa shape index (κ1) is 15.0.